The van der Waals surface area contributed by atoms with Gasteiger partial charge < -0.3 is 10.2 Å². The van der Waals surface area contributed by atoms with Gasteiger partial charge in [0.1, 0.15) is 10.9 Å². The molecule has 0 bridgehead atoms. The van der Waals surface area contributed by atoms with Crippen LogP contribution in [0.3, 0.4) is 0 Å². The van der Waals surface area contributed by atoms with Crippen molar-refractivity contribution in [3.63, 3.8) is 0 Å². The Kier molecular flexibility index (Phi) is 9.50. The Hall–Kier alpha value is -3.40. The zero-order valence-corrected chi connectivity index (χ0v) is 24.2. The lowest BCUT2D eigenvalue weighted by atomic mass is 10.0. The molecule has 0 saturated heterocycles. The molecular weight excluding hydrogens is 573 g/mol. The molecule has 0 aromatic heterocycles. The van der Waals surface area contributed by atoms with Crippen LogP contribution >= 0.6 is 23.2 Å². The molecule has 0 radical (unpaired) electrons. The number of benzene rings is 3. The van der Waals surface area contributed by atoms with E-state index in [9.17, 15) is 22.8 Å². The van der Waals surface area contributed by atoms with Gasteiger partial charge in [0.15, 0.2) is 0 Å². The maximum atomic E-state index is 13.8. The van der Waals surface area contributed by atoms with Crippen molar-refractivity contribution in [1.29, 1.82) is 0 Å². The Bertz CT molecular complexity index is 1520. The van der Waals surface area contributed by atoms with Crippen molar-refractivity contribution in [2.75, 3.05) is 13.1 Å². The molecule has 1 aliphatic rings. The summed E-state index contributed by atoms with van der Waals surface area (Å²) in [6.45, 7) is 1.96. The van der Waals surface area contributed by atoms with Gasteiger partial charge in [0, 0.05) is 42.5 Å². The van der Waals surface area contributed by atoms with Gasteiger partial charge in [0.2, 0.25) is 11.8 Å². The summed E-state index contributed by atoms with van der Waals surface area (Å²) in [7, 11) is -4.09. The minimum Gasteiger partial charge on any atom is -0.354 e. The highest BCUT2D eigenvalue weighted by atomic mass is 35.5. The fourth-order valence-corrected chi connectivity index (χ4v) is 6.58. The van der Waals surface area contributed by atoms with Crippen LogP contribution in [0.15, 0.2) is 77.7 Å². The second-order valence-electron chi connectivity index (χ2n) is 9.38. The van der Waals surface area contributed by atoms with Crippen LogP contribution in [-0.4, -0.2) is 54.5 Å². The third kappa shape index (κ3) is 6.49. The molecule has 8 nitrogen and oxygen atoms in total. The molecule has 3 aromatic rings. The normalized spacial score (nSPS) is 14.5. The largest absolute Gasteiger partial charge is 0.354 e. The molecule has 1 N–H and O–H groups in total. The van der Waals surface area contributed by atoms with E-state index in [-0.39, 0.29) is 42.3 Å². The number of amides is 3. The van der Waals surface area contributed by atoms with Gasteiger partial charge in [-0.05, 0) is 41.8 Å². The predicted molar refractivity (Wildman–Crippen MR) is 154 cm³/mol. The van der Waals surface area contributed by atoms with Crippen LogP contribution in [0, 0.1) is 0 Å². The minimum atomic E-state index is -4.09. The average molecular weight is 603 g/mol. The van der Waals surface area contributed by atoms with Gasteiger partial charge in [0.05, 0.1) is 5.56 Å². The Balaban J connectivity index is 1.65. The van der Waals surface area contributed by atoms with Crippen molar-refractivity contribution in [2.45, 2.75) is 43.7 Å². The lowest BCUT2D eigenvalue weighted by Gasteiger charge is -2.32. The van der Waals surface area contributed by atoms with E-state index in [0.717, 1.165) is 5.56 Å². The van der Waals surface area contributed by atoms with Gasteiger partial charge in [-0.15, -0.1) is 0 Å². The highest BCUT2D eigenvalue weighted by molar-refractivity contribution is 7.90. The van der Waals surface area contributed by atoms with Gasteiger partial charge in [-0.3, -0.25) is 14.4 Å². The quantitative estimate of drug-likeness (QED) is 0.343. The molecule has 3 aromatic carbocycles. The first-order valence-corrected chi connectivity index (χ1v) is 15.0. The zero-order chi connectivity index (χ0) is 28.9. The van der Waals surface area contributed by atoms with Crippen LogP contribution in [0.4, 0.5) is 0 Å². The lowest BCUT2D eigenvalue weighted by molar-refractivity contribution is -0.141. The highest BCUT2D eigenvalue weighted by Gasteiger charge is 2.41. The van der Waals surface area contributed by atoms with Crippen molar-refractivity contribution in [3.05, 3.63) is 99.5 Å². The topological polar surface area (TPSA) is 104 Å². The van der Waals surface area contributed by atoms with Crippen molar-refractivity contribution in [2.24, 2.45) is 0 Å². The first-order valence-electron chi connectivity index (χ1n) is 12.8. The van der Waals surface area contributed by atoms with E-state index in [0.29, 0.717) is 32.9 Å². The van der Waals surface area contributed by atoms with Crippen LogP contribution in [0.1, 0.15) is 41.3 Å². The maximum absolute atomic E-state index is 13.8. The lowest BCUT2D eigenvalue weighted by Crippen LogP contribution is -2.51. The number of nitrogens with zero attached hydrogens (tertiary/aromatic N) is 2. The van der Waals surface area contributed by atoms with Gasteiger partial charge in [-0.2, -0.15) is 0 Å². The summed E-state index contributed by atoms with van der Waals surface area (Å²) < 4.78 is 26.8. The molecule has 0 fully saturated rings. The van der Waals surface area contributed by atoms with Crippen molar-refractivity contribution in [3.8, 4) is 0 Å². The van der Waals surface area contributed by atoms with E-state index in [1.165, 1.54) is 17.0 Å². The number of nitrogens with one attached hydrogen (secondary N) is 1. The van der Waals surface area contributed by atoms with E-state index in [1.807, 2.05) is 37.3 Å². The molecule has 11 heteroatoms. The smallest absolute Gasteiger partial charge is 0.269 e. The third-order valence-electron chi connectivity index (χ3n) is 6.62. The molecule has 0 unspecified atom stereocenters. The molecule has 0 aliphatic carbocycles. The van der Waals surface area contributed by atoms with Gasteiger partial charge in [-0.1, -0.05) is 78.7 Å². The number of halogens is 2. The minimum absolute atomic E-state index is 0.0210. The summed E-state index contributed by atoms with van der Waals surface area (Å²) in [4.78, 5) is 41.5. The number of hydrogen-bond donors (Lipinski definition) is 1. The maximum Gasteiger partial charge on any atom is 0.269 e. The van der Waals surface area contributed by atoms with E-state index >= 15 is 0 Å². The average Bonchev–Trinajstić information content (AvgIpc) is 3.14. The number of sulfonamides is 1. The first-order chi connectivity index (χ1) is 19.1. The van der Waals surface area contributed by atoms with Gasteiger partial charge in [0.25, 0.3) is 15.9 Å². The van der Waals surface area contributed by atoms with E-state index in [4.69, 9.17) is 23.2 Å². The number of hydrogen-bond acceptors (Lipinski definition) is 5. The fourth-order valence-electron chi connectivity index (χ4n) is 4.55. The van der Waals surface area contributed by atoms with Crippen molar-refractivity contribution in [1.82, 2.24) is 14.5 Å². The summed E-state index contributed by atoms with van der Waals surface area (Å²) in [5.41, 5.74) is 1.48. The Labute approximate surface area is 243 Å². The first kappa shape index (κ1) is 29.6. The summed E-state index contributed by atoms with van der Waals surface area (Å²) in [6, 6.07) is 19.2. The molecule has 1 heterocycles. The van der Waals surface area contributed by atoms with Gasteiger partial charge >= 0.3 is 0 Å². The van der Waals surface area contributed by atoms with Crippen molar-refractivity contribution >= 4 is 50.9 Å². The SMILES string of the molecule is CCCNC(=O)[C@H](Cc1ccccc1)N(Cc1ccc(Cl)cc1Cl)C(=O)CCN1C(=O)c2ccccc2S1(=O)=O. The molecule has 4 rings (SSSR count). The number of rotatable bonds is 11. The zero-order valence-electron chi connectivity index (χ0n) is 21.8. The molecule has 1 atom stereocenters. The standard InChI is InChI=1S/C29H29Cl2N3O5S/c1-2-15-32-28(36)25(17-20-8-4-3-5-9-20)33(19-21-12-13-22(30)18-24(21)31)27(35)14-16-34-29(37)23-10-6-7-11-26(23)40(34,38)39/h3-13,18,25H,2,14-17,19H2,1H3,(H,32,36)/t25-/m0/s1. The predicted octanol–water partition coefficient (Wildman–Crippen LogP) is 4.69. The number of fused-ring (bicyclic) bond motifs is 1. The molecular formula is C29H29Cl2N3O5S. The molecule has 0 spiro atoms. The Morgan fingerprint density at radius 2 is 1.70 bits per heavy atom. The van der Waals surface area contributed by atoms with E-state index in [2.05, 4.69) is 5.32 Å². The van der Waals surface area contributed by atoms with E-state index < -0.39 is 27.9 Å². The monoisotopic (exact) mass is 601 g/mol. The number of carbonyl (C=O) groups excluding carboxylic acids is 3. The summed E-state index contributed by atoms with van der Waals surface area (Å²) in [6.07, 6.45) is 0.604. The van der Waals surface area contributed by atoms with Crippen LogP contribution in [-0.2, 0) is 32.6 Å². The van der Waals surface area contributed by atoms with Crippen LogP contribution in [0.5, 0.6) is 0 Å². The second kappa shape index (κ2) is 12.8. The highest BCUT2D eigenvalue weighted by Crippen LogP contribution is 2.30. The second-order valence-corrected chi connectivity index (χ2v) is 12.1. The number of carbonyl (C=O) groups is 3. The van der Waals surface area contributed by atoms with E-state index in [1.54, 1.807) is 30.3 Å². The summed E-state index contributed by atoms with van der Waals surface area (Å²) in [5.74, 6) is -1.53. The molecule has 40 heavy (non-hydrogen) atoms. The molecule has 3 amide bonds. The van der Waals surface area contributed by atoms with Gasteiger partial charge in [-0.25, -0.2) is 12.7 Å². The third-order valence-corrected chi connectivity index (χ3v) is 9.04. The Morgan fingerprint density at radius 3 is 2.38 bits per heavy atom. The summed E-state index contributed by atoms with van der Waals surface area (Å²) in [5, 5.41) is 3.63. The molecule has 1 aliphatic heterocycles. The Morgan fingerprint density at radius 1 is 1.00 bits per heavy atom. The fraction of sp³-hybridized carbons (Fsp3) is 0.276. The molecule has 0 saturated carbocycles. The van der Waals surface area contributed by atoms with Crippen LogP contribution < -0.4 is 5.32 Å². The van der Waals surface area contributed by atoms with Crippen molar-refractivity contribution < 1.29 is 22.8 Å². The van der Waals surface area contributed by atoms with Crippen LogP contribution in [0.25, 0.3) is 0 Å². The van der Waals surface area contributed by atoms with Crippen LogP contribution in [0.2, 0.25) is 10.0 Å². The summed E-state index contributed by atoms with van der Waals surface area (Å²) >= 11 is 12.5. The molecule has 210 valence electrons.